The van der Waals surface area contributed by atoms with Crippen molar-refractivity contribution in [3.63, 3.8) is 0 Å². The quantitative estimate of drug-likeness (QED) is 0.199. The molecule has 0 aromatic carbocycles. The van der Waals surface area contributed by atoms with Crippen molar-refractivity contribution in [2.45, 2.75) is 106 Å². The van der Waals surface area contributed by atoms with Crippen molar-refractivity contribution in [3.05, 3.63) is 0 Å². The Morgan fingerprint density at radius 2 is 1.34 bits per heavy atom. The minimum atomic E-state index is -1.64. The molecular weight excluding hydrogens is 436 g/mol. The van der Waals surface area contributed by atoms with Crippen molar-refractivity contribution >= 4 is 0 Å². The highest BCUT2D eigenvalue weighted by Gasteiger charge is 2.49. The monoisotopic (exact) mass is 470 g/mol. The van der Waals surface area contributed by atoms with Gasteiger partial charge in [-0.05, 0) is 13.8 Å². The average Bonchev–Trinajstić information content (AvgIpc) is 2.76. The van der Waals surface area contributed by atoms with Gasteiger partial charge >= 0.3 is 0 Å². The first-order valence-electron chi connectivity index (χ1n) is 10.6. The maximum atomic E-state index is 10.4. The van der Waals surface area contributed by atoms with Gasteiger partial charge in [-0.3, -0.25) is 0 Å². The van der Waals surface area contributed by atoms with E-state index in [1.807, 2.05) is 0 Å². The highest BCUT2D eigenvalue weighted by Crippen LogP contribution is 2.30. The molecule has 3 fully saturated rings. The van der Waals surface area contributed by atoms with Gasteiger partial charge < -0.3 is 64.2 Å². The van der Waals surface area contributed by atoms with Crippen LogP contribution in [0.25, 0.3) is 0 Å². The summed E-state index contributed by atoms with van der Waals surface area (Å²) in [7, 11) is 1.43. The Morgan fingerprint density at radius 3 is 2.00 bits per heavy atom. The maximum absolute atomic E-state index is 10.4. The molecule has 0 aromatic heterocycles. The number of methoxy groups -OCH3 is 1. The lowest BCUT2D eigenvalue weighted by Crippen LogP contribution is -2.62. The van der Waals surface area contributed by atoms with Crippen LogP contribution in [-0.2, 0) is 28.4 Å². The predicted octanol–water partition coefficient (Wildman–Crippen LogP) is -3.83. The fourth-order valence-corrected chi connectivity index (χ4v) is 4.11. The third kappa shape index (κ3) is 5.41. The fraction of sp³-hybridized carbons (Fsp3) is 1.00. The maximum Gasteiger partial charge on any atom is 0.187 e. The summed E-state index contributed by atoms with van der Waals surface area (Å²) in [6, 6.07) is 0. The Kier molecular flexibility index (Phi) is 8.82. The van der Waals surface area contributed by atoms with Crippen LogP contribution >= 0.6 is 0 Å². The molecular formula is C19H34O13. The van der Waals surface area contributed by atoms with E-state index in [0.29, 0.717) is 0 Å². The Hall–Kier alpha value is -0.520. The zero-order chi connectivity index (χ0) is 23.7. The zero-order valence-corrected chi connectivity index (χ0v) is 18.1. The van der Waals surface area contributed by atoms with Gasteiger partial charge in [0.15, 0.2) is 18.9 Å². The van der Waals surface area contributed by atoms with Crippen LogP contribution in [0.5, 0.6) is 0 Å². The normalized spacial score (nSPS) is 52.7. The molecule has 3 aliphatic heterocycles. The van der Waals surface area contributed by atoms with E-state index >= 15 is 0 Å². The predicted molar refractivity (Wildman–Crippen MR) is 102 cm³/mol. The molecule has 3 saturated heterocycles. The smallest absolute Gasteiger partial charge is 0.187 e. The van der Waals surface area contributed by atoms with Crippen LogP contribution in [-0.4, -0.2) is 135 Å². The molecule has 7 N–H and O–H groups in total. The van der Waals surface area contributed by atoms with E-state index in [4.69, 9.17) is 28.4 Å². The summed E-state index contributed by atoms with van der Waals surface area (Å²) in [5, 5.41) is 70.4. The van der Waals surface area contributed by atoms with Crippen LogP contribution in [0.15, 0.2) is 0 Å². The summed E-state index contributed by atoms with van der Waals surface area (Å²) in [5.74, 6) is 0. The third-order valence-corrected chi connectivity index (χ3v) is 6.13. The molecule has 0 saturated carbocycles. The molecule has 0 bridgehead atoms. The van der Waals surface area contributed by atoms with Gasteiger partial charge in [0.25, 0.3) is 0 Å². The number of aliphatic hydroxyl groups is 7. The van der Waals surface area contributed by atoms with Crippen molar-refractivity contribution in [1.29, 1.82) is 0 Å². The second-order valence-corrected chi connectivity index (χ2v) is 8.44. The lowest BCUT2D eigenvalue weighted by Gasteiger charge is -2.45. The van der Waals surface area contributed by atoms with Crippen LogP contribution in [0.1, 0.15) is 20.3 Å². The molecule has 13 heteroatoms. The fourth-order valence-electron chi connectivity index (χ4n) is 4.11. The summed E-state index contributed by atoms with van der Waals surface area (Å²) < 4.78 is 32.9. The molecule has 3 aliphatic rings. The second kappa shape index (κ2) is 10.8. The van der Waals surface area contributed by atoms with E-state index in [1.54, 1.807) is 6.92 Å². The van der Waals surface area contributed by atoms with E-state index in [-0.39, 0.29) is 6.42 Å². The summed E-state index contributed by atoms with van der Waals surface area (Å²) in [6.45, 7) is 2.73. The van der Waals surface area contributed by atoms with E-state index in [9.17, 15) is 35.7 Å². The lowest BCUT2D eigenvalue weighted by atomic mass is 9.98. The first-order valence-corrected chi connectivity index (χ1v) is 10.6. The van der Waals surface area contributed by atoms with Crippen molar-refractivity contribution in [2.75, 3.05) is 13.7 Å². The van der Waals surface area contributed by atoms with E-state index in [1.165, 1.54) is 14.0 Å². The van der Waals surface area contributed by atoms with E-state index in [2.05, 4.69) is 0 Å². The number of hydrogen-bond acceptors (Lipinski definition) is 13. The van der Waals surface area contributed by atoms with Gasteiger partial charge in [-0.2, -0.15) is 0 Å². The molecule has 14 atom stereocenters. The standard InChI is InChI=1S/C19H34O13/c1-6-11(21)13(23)15(25)18(30-6)28-5-9-12(22)14(24)16(26)19(31-9)32-17-7(2)29-10(20)4-8(17)27-3/h6-26H,4-5H2,1-3H3/t6-,7+,8-,9+,10?,11-,12+,13+,14-,15+,16+,17+,18+,19-/m0/s1. The molecule has 0 radical (unpaired) electrons. The minimum absolute atomic E-state index is 0.120. The van der Waals surface area contributed by atoms with Crippen LogP contribution in [0.2, 0.25) is 0 Å². The van der Waals surface area contributed by atoms with Gasteiger partial charge in [0, 0.05) is 13.5 Å². The zero-order valence-electron chi connectivity index (χ0n) is 18.1. The van der Waals surface area contributed by atoms with Crippen molar-refractivity contribution in [2.24, 2.45) is 0 Å². The van der Waals surface area contributed by atoms with Gasteiger partial charge in [-0.1, -0.05) is 0 Å². The highest BCUT2D eigenvalue weighted by molar-refractivity contribution is 4.92. The molecule has 0 aromatic rings. The van der Waals surface area contributed by atoms with Gasteiger partial charge in [0.2, 0.25) is 0 Å². The first kappa shape index (κ1) is 26.1. The average molecular weight is 470 g/mol. The summed E-state index contributed by atoms with van der Waals surface area (Å²) in [5.41, 5.74) is 0. The first-order chi connectivity index (χ1) is 15.0. The van der Waals surface area contributed by atoms with Gasteiger partial charge in [0.05, 0.1) is 24.9 Å². The molecule has 0 amide bonds. The molecule has 32 heavy (non-hydrogen) atoms. The number of ether oxygens (including phenoxy) is 6. The molecule has 3 rings (SSSR count). The van der Waals surface area contributed by atoms with Crippen molar-refractivity contribution in [1.82, 2.24) is 0 Å². The molecule has 13 nitrogen and oxygen atoms in total. The van der Waals surface area contributed by atoms with Crippen LogP contribution < -0.4 is 0 Å². The third-order valence-electron chi connectivity index (χ3n) is 6.13. The van der Waals surface area contributed by atoms with Crippen molar-refractivity contribution < 1.29 is 64.2 Å². The second-order valence-electron chi connectivity index (χ2n) is 8.44. The van der Waals surface area contributed by atoms with Gasteiger partial charge in [0.1, 0.15) is 48.8 Å². The van der Waals surface area contributed by atoms with Crippen LogP contribution in [0.3, 0.4) is 0 Å². The van der Waals surface area contributed by atoms with Crippen LogP contribution in [0.4, 0.5) is 0 Å². The van der Waals surface area contributed by atoms with Gasteiger partial charge in [-0.15, -0.1) is 0 Å². The largest absolute Gasteiger partial charge is 0.388 e. The number of hydrogen-bond donors (Lipinski definition) is 7. The Morgan fingerprint density at radius 1 is 0.719 bits per heavy atom. The molecule has 0 aliphatic carbocycles. The minimum Gasteiger partial charge on any atom is -0.388 e. The summed E-state index contributed by atoms with van der Waals surface area (Å²) in [6.07, 6.45) is -16.8. The topological polar surface area (TPSA) is 197 Å². The summed E-state index contributed by atoms with van der Waals surface area (Å²) in [4.78, 5) is 0. The van der Waals surface area contributed by atoms with E-state index in [0.717, 1.165) is 0 Å². The van der Waals surface area contributed by atoms with Crippen molar-refractivity contribution in [3.8, 4) is 0 Å². The van der Waals surface area contributed by atoms with E-state index < -0.39 is 92.6 Å². The molecule has 0 spiro atoms. The van der Waals surface area contributed by atoms with Gasteiger partial charge in [-0.25, -0.2) is 0 Å². The SMILES string of the molecule is CO[C@H]1CC(O)O[C@H](C)[C@H]1O[C@@H]1O[C@H](CO[C@@H]2O[C@@H](C)[C@H](O)[C@@H](O)[C@H]2O)[C@@H](O)[C@H](O)[C@H]1O. The lowest BCUT2D eigenvalue weighted by molar-refractivity contribution is -0.350. The Labute approximate surface area is 185 Å². The molecule has 1 unspecified atom stereocenters. The summed E-state index contributed by atoms with van der Waals surface area (Å²) >= 11 is 0. The molecule has 3 heterocycles. The number of aliphatic hydroxyl groups excluding tert-OH is 7. The number of rotatable bonds is 6. The van der Waals surface area contributed by atoms with Crippen LogP contribution in [0, 0.1) is 0 Å². The Balaban J connectivity index is 1.64. The Bertz CT molecular complexity index is 596. The molecule has 188 valence electrons. The highest BCUT2D eigenvalue weighted by atomic mass is 16.7.